The van der Waals surface area contributed by atoms with Crippen LogP contribution >= 0.6 is 0 Å². The van der Waals surface area contributed by atoms with Gasteiger partial charge in [-0.1, -0.05) is 43.2 Å². The molecule has 6 nitrogen and oxygen atoms in total. The van der Waals surface area contributed by atoms with E-state index in [9.17, 15) is 10.1 Å². The summed E-state index contributed by atoms with van der Waals surface area (Å²) < 4.78 is 6.22. The molecule has 2 aromatic carbocycles. The molecule has 154 valence electrons. The molecule has 1 unspecified atom stereocenters. The van der Waals surface area contributed by atoms with Crippen LogP contribution in [0.15, 0.2) is 48.5 Å². The van der Waals surface area contributed by atoms with Gasteiger partial charge in [-0.2, -0.15) is 0 Å². The lowest BCUT2D eigenvalue weighted by Gasteiger charge is -2.38. The Balaban J connectivity index is 1.69. The number of nitro benzene ring substituents is 1. The maximum atomic E-state index is 11.5. The molecule has 0 aliphatic carbocycles. The summed E-state index contributed by atoms with van der Waals surface area (Å²) in [7, 11) is 0. The summed E-state index contributed by atoms with van der Waals surface area (Å²) in [5, 5.41) is 11.5. The quantitative estimate of drug-likeness (QED) is 0.532. The molecule has 2 fully saturated rings. The van der Waals surface area contributed by atoms with Crippen molar-refractivity contribution in [1.29, 1.82) is 0 Å². The number of benzene rings is 2. The van der Waals surface area contributed by atoms with E-state index in [1.54, 1.807) is 12.1 Å². The molecule has 4 rings (SSSR count). The van der Waals surface area contributed by atoms with Gasteiger partial charge in [0.15, 0.2) is 0 Å². The predicted octanol–water partition coefficient (Wildman–Crippen LogP) is 4.90. The van der Waals surface area contributed by atoms with Crippen LogP contribution in [-0.2, 0) is 11.3 Å². The Morgan fingerprint density at radius 1 is 0.966 bits per heavy atom. The zero-order valence-corrected chi connectivity index (χ0v) is 16.8. The molecule has 0 aromatic heterocycles. The lowest BCUT2D eigenvalue weighted by molar-refractivity contribution is -0.385. The number of ether oxygens (including phenoxy) is 1. The molecule has 0 N–H and O–H groups in total. The van der Waals surface area contributed by atoms with Crippen LogP contribution in [0.3, 0.4) is 0 Å². The first kappa shape index (κ1) is 19.9. The van der Waals surface area contributed by atoms with Gasteiger partial charge in [0.2, 0.25) is 0 Å². The van der Waals surface area contributed by atoms with Gasteiger partial charge in [-0.15, -0.1) is 0 Å². The van der Waals surface area contributed by atoms with E-state index in [0.717, 1.165) is 56.7 Å². The van der Waals surface area contributed by atoms with Crippen molar-refractivity contribution in [3.8, 4) is 0 Å². The molecule has 0 bridgehead atoms. The first-order chi connectivity index (χ1) is 14.2. The van der Waals surface area contributed by atoms with Crippen LogP contribution in [0.2, 0.25) is 0 Å². The summed E-state index contributed by atoms with van der Waals surface area (Å²) in [6.45, 7) is 4.36. The van der Waals surface area contributed by atoms with Gasteiger partial charge in [-0.05, 0) is 30.9 Å². The normalized spacial score (nSPS) is 21.0. The van der Waals surface area contributed by atoms with Crippen molar-refractivity contribution in [1.82, 2.24) is 4.90 Å². The molecule has 2 aliphatic heterocycles. The van der Waals surface area contributed by atoms with E-state index in [-0.39, 0.29) is 16.8 Å². The van der Waals surface area contributed by atoms with E-state index in [1.165, 1.54) is 18.4 Å². The van der Waals surface area contributed by atoms with Crippen molar-refractivity contribution >= 4 is 11.4 Å². The van der Waals surface area contributed by atoms with Crippen LogP contribution in [0.4, 0.5) is 11.4 Å². The van der Waals surface area contributed by atoms with Crippen molar-refractivity contribution < 1.29 is 9.66 Å². The van der Waals surface area contributed by atoms with Crippen LogP contribution in [0.25, 0.3) is 0 Å². The molecule has 6 heteroatoms. The average Bonchev–Trinajstić information content (AvgIpc) is 3.04. The van der Waals surface area contributed by atoms with Crippen LogP contribution < -0.4 is 4.90 Å². The van der Waals surface area contributed by atoms with Crippen molar-refractivity contribution in [2.24, 2.45) is 0 Å². The number of nitro groups is 1. The van der Waals surface area contributed by atoms with Crippen molar-refractivity contribution in [3.05, 3.63) is 69.8 Å². The Labute approximate surface area is 172 Å². The minimum atomic E-state index is -0.305. The summed E-state index contributed by atoms with van der Waals surface area (Å²) in [6, 6.07) is 15.6. The standard InChI is InChI=1S/C23H29N3O3/c27-26(28)20-11-12-22(24-13-6-1-2-7-14-24)21(17-20)23-25(15-8-16-29-23)18-19-9-4-3-5-10-19/h3-5,9-12,17,23H,1-2,6-8,13-16,18H2. The highest BCUT2D eigenvalue weighted by molar-refractivity contribution is 5.59. The molecule has 29 heavy (non-hydrogen) atoms. The fourth-order valence-corrected chi connectivity index (χ4v) is 4.40. The third kappa shape index (κ3) is 4.77. The second kappa shape index (κ2) is 9.37. The second-order valence-electron chi connectivity index (χ2n) is 7.93. The van der Waals surface area contributed by atoms with Gasteiger partial charge in [0, 0.05) is 49.6 Å². The average molecular weight is 396 g/mol. The molecule has 2 heterocycles. The fraction of sp³-hybridized carbons (Fsp3) is 0.478. The number of rotatable bonds is 5. The Bertz CT molecular complexity index is 819. The number of nitrogens with zero attached hydrogens (tertiary/aromatic N) is 3. The van der Waals surface area contributed by atoms with Crippen molar-refractivity contribution in [2.75, 3.05) is 31.1 Å². The van der Waals surface area contributed by atoms with E-state index in [4.69, 9.17) is 4.74 Å². The van der Waals surface area contributed by atoms with Crippen LogP contribution in [0, 0.1) is 10.1 Å². The van der Waals surface area contributed by atoms with Crippen LogP contribution in [0.1, 0.15) is 49.5 Å². The molecular formula is C23H29N3O3. The monoisotopic (exact) mass is 395 g/mol. The van der Waals surface area contributed by atoms with Crippen molar-refractivity contribution in [2.45, 2.75) is 44.9 Å². The highest BCUT2D eigenvalue weighted by Gasteiger charge is 2.30. The van der Waals surface area contributed by atoms with Crippen LogP contribution in [-0.4, -0.2) is 36.1 Å². The third-order valence-corrected chi connectivity index (χ3v) is 5.86. The van der Waals surface area contributed by atoms with Gasteiger partial charge in [0.05, 0.1) is 11.5 Å². The number of anilines is 1. The summed E-state index contributed by atoms with van der Waals surface area (Å²) >= 11 is 0. The first-order valence-electron chi connectivity index (χ1n) is 10.7. The topological polar surface area (TPSA) is 58.9 Å². The minimum absolute atomic E-state index is 0.132. The summed E-state index contributed by atoms with van der Waals surface area (Å²) in [5.74, 6) is 0. The van der Waals surface area contributed by atoms with Gasteiger partial charge >= 0.3 is 0 Å². The summed E-state index contributed by atoms with van der Waals surface area (Å²) in [6.07, 6.45) is 5.53. The number of hydrogen-bond donors (Lipinski definition) is 0. The molecule has 0 saturated carbocycles. The zero-order valence-electron chi connectivity index (χ0n) is 16.8. The SMILES string of the molecule is O=[N+]([O-])c1ccc(N2CCCCCC2)c(C2OCCCN2Cc2ccccc2)c1. The smallest absolute Gasteiger partial charge is 0.270 e. The van der Waals surface area contributed by atoms with Gasteiger partial charge in [-0.25, -0.2) is 0 Å². The highest BCUT2D eigenvalue weighted by atomic mass is 16.6. The van der Waals surface area contributed by atoms with Crippen LogP contribution in [0.5, 0.6) is 0 Å². The Kier molecular flexibility index (Phi) is 6.42. The number of non-ortho nitro benzene ring substituents is 1. The molecule has 0 amide bonds. The van der Waals surface area contributed by atoms with Gasteiger partial charge in [0.25, 0.3) is 5.69 Å². The molecule has 2 saturated heterocycles. The molecule has 2 aromatic rings. The van der Waals surface area contributed by atoms with E-state index >= 15 is 0 Å². The minimum Gasteiger partial charge on any atom is -0.371 e. The third-order valence-electron chi connectivity index (χ3n) is 5.86. The highest BCUT2D eigenvalue weighted by Crippen LogP contribution is 2.37. The molecule has 0 spiro atoms. The first-order valence-corrected chi connectivity index (χ1v) is 10.7. The lowest BCUT2D eigenvalue weighted by Crippen LogP contribution is -2.37. The maximum Gasteiger partial charge on any atom is 0.270 e. The second-order valence-corrected chi connectivity index (χ2v) is 7.93. The Hall–Kier alpha value is -2.44. The largest absolute Gasteiger partial charge is 0.371 e. The Morgan fingerprint density at radius 2 is 1.72 bits per heavy atom. The summed E-state index contributed by atoms with van der Waals surface area (Å²) in [5.41, 5.74) is 3.37. The van der Waals surface area contributed by atoms with E-state index in [0.29, 0.717) is 6.61 Å². The van der Waals surface area contributed by atoms with E-state index < -0.39 is 0 Å². The fourth-order valence-electron chi connectivity index (χ4n) is 4.40. The van der Waals surface area contributed by atoms with Crippen molar-refractivity contribution in [3.63, 3.8) is 0 Å². The number of hydrogen-bond acceptors (Lipinski definition) is 5. The van der Waals surface area contributed by atoms with E-state index in [2.05, 4.69) is 21.9 Å². The zero-order chi connectivity index (χ0) is 20.1. The van der Waals surface area contributed by atoms with Gasteiger partial charge < -0.3 is 9.64 Å². The molecule has 2 aliphatic rings. The maximum absolute atomic E-state index is 11.5. The molecule has 0 radical (unpaired) electrons. The Morgan fingerprint density at radius 3 is 2.45 bits per heavy atom. The molecule has 1 atom stereocenters. The van der Waals surface area contributed by atoms with E-state index in [1.807, 2.05) is 24.3 Å². The summed E-state index contributed by atoms with van der Waals surface area (Å²) in [4.78, 5) is 15.9. The predicted molar refractivity (Wildman–Crippen MR) is 114 cm³/mol. The molecular weight excluding hydrogens is 366 g/mol. The van der Waals surface area contributed by atoms with Gasteiger partial charge in [-0.3, -0.25) is 15.0 Å². The lowest BCUT2D eigenvalue weighted by atomic mass is 10.1. The van der Waals surface area contributed by atoms with Gasteiger partial charge in [0.1, 0.15) is 6.23 Å².